The van der Waals surface area contributed by atoms with Gasteiger partial charge >= 0.3 is 6.09 Å². The minimum absolute atomic E-state index is 0.227. The Kier molecular flexibility index (Phi) is 5.06. The SMILES string of the molecule is Cc1ccc(Cn2cnc3c(NC(=O)OCc4ccccc4)cccc32)cc1. The Morgan fingerprint density at radius 3 is 2.54 bits per heavy atom. The summed E-state index contributed by atoms with van der Waals surface area (Å²) in [5.74, 6) is 0. The summed E-state index contributed by atoms with van der Waals surface area (Å²) in [4.78, 5) is 16.7. The largest absolute Gasteiger partial charge is 0.444 e. The second-order valence-electron chi connectivity index (χ2n) is 6.72. The number of hydrogen-bond donors (Lipinski definition) is 1. The van der Waals surface area contributed by atoms with Gasteiger partial charge in [-0.3, -0.25) is 5.32 Å². The summed E-state index contributed by atoms with van der Waals surface area (Å²) < 4.78 is 7.38. The number of aromatic nitrogens is 2. The highest BCUT2D eigenvalue weighted by atomic mass is 16.5. The zero-order valence-electron chi connectivity index (χ0n) is 15.6. The molecule has 1 heterocycles. The molecule has 0 bridgehead atoms. The first-order valence-corrected chi connectivity index (χ1v) is 9.16. The zero-order chi connectivity index (χ0) is 19.3. The van der Waals surface area contributed by atoms with Crippen molar-refractivity contribution in [1.82, 2.24) is 9.55 Å². The molecule has 5 heteroatoms. The van der Waals surface area contributed by atoms with Crippen LogP contribution >= 0.6 is 0 Å². The van der Waals surface area contributed by atoms with Gasteiger partial charge in [-0.2, -0.15) is 0 Å². The number of nitrogens with zero attached hydrogens (tertiary/aromatic N) is 2. The number of para-hydroxylation sites is 1. The van der Waals surface area contributed by atoms with E-state index < -0.39 is 6.09 Å². The molecule has 0 radical (unpaired) electrons. The van der Waals surface area contributed by atoms with Crippen LogP contribution in [0, 0.1) is 6.92 Å². The van der Waals surface area contributed by atoms with Crippen molar-refractivity contribution in [3.8, 4) is 0 Å². The van der Waals surface area contributed by atoms with E-state index in [9.17, 15) is 4.79 Å². The molecular weight excluding hydrogens is 350 g/mol. The fourth-order valence-electron chi connectivity index (χ4n) is 3.07. The molecule has 0 aliphatic carbocycles. The monoisotopic (exact) mass is 371 g/mol. The van der Waals surface area contributed by atoms with Crippen LogP contribution in [0.4, 0.5) is 10.5 Å². The smallest absolute Gasteiger partial charge is 0.412 e. The van der Waals surface area contributed by atoms with Gasteiger partial charge < -0.3 is 9.30 Å². The van der Waals surface area contributed by atoms with E-state index in [1.165, 1.54) is 11.1 Å². The minimum Gasteiger partial charge on any atom is -0.444 e. The third-order valence-corrected chi connectivity index (χ3v) is 4.57. The number of carbonyl (C=O) groups excluding carboxylic acids is 1. The third-order valence-electron chi connectivity index (χ3n) is 4.57. The van der Waals surface area contributed by atoms with Crippen LogP contribution in [0.15, 0.2) is 79.1 Å². The van der Waals surface area contributed by atoms with Gasteiger partial charge in [0.1, 0.15) is 12.1 Å². The molecule has 0 fully saturated rings. The van der Waals surface area contributed by atoms with Crippen LogP contribution in [0.1, 0.15) is 16.7 Å². The Morgan fingerprint density at radius 2 is 1.75 bits per heavy atom. The summed E-state index contributed by atoms with van der Waals surface area (Å²) in [6.07, 6.45) is 1.30. The van der Waals surface area contributed by atoms with Gasteiger partial charge in [-0.15, -0.1) is 0 Å². The molecule has 1 aromatic heterocycles. The average molecular weight is 371 g/mol. The molecule has 3 aromatic carbocycles. The van der Waals surface area contributed by atoms with Crippen molar-refractivity contribution in [1.29, 1.82) is 0 Å². The van der Waals surface area contributed by atoms with Crippen molar-refractivity contribution in [2.24, 2.45) is 0 Å². The highest BCUT2D eigenvalue weighted by Gasteiger charge is 2.11. The lowest BCUT2D eigenvalue weighted by molar-refractivity contribution is 0.155. The van der Waals surface area contributed by atoms with E-state index in [1.54, 1.807) is 6.33 Å². The van der Waals surface area contributed by atoms with Crippen molar-refractivity contribution < 1.29 is 9.53 Å². The molecule has 0 aliphatic rings. The molecule has 4 rings (SSSR count). The zero-order valence-corrected chi connectivity index (χ0v) is 15.6. The highest BCUT2D eigenvalue weighted by molar-refractivity contribution is 5.96. The fraction of sp³-hybridized carbons (Fsp3) is 0.130. The molecule has 0 aliphatic heterocycles. The summed E-state index contributed by atoms with van der Waals surface area (Å²) in [6, 6.07) is 23.8. The van der Waals surface area contributed by atoms with Crippen LogP contribution in [0.5, 0.6) is 0 Å². The van der Waals surface area contributed by atoms with E-state index in [1.807, 2.05) is 48.5 Å². The van der Waals surface area contributed by atoms with Gasteiger partial charge in [0.15, 0.2) is 0 Å². The lowest BCUT2D eigenvalue weighted by Crippen LogP contribution is -2.13. The van der Waals surface area contributed by atoms with E-state index in [0.717, 1.165) is 23.1 Å². The first-order valence-electron chi connectivity index (χ1n) is 9.16. The summed E-state index contributed by atoms with van der Waals surface area (Å²) in [5.41, 5.74) is 5.72. The maximum Gasteiger partial charge on any atom is 0.412 e. The molecule has 140 valence electrons. The van der Waals surface area contributed by atoms with E-state index in [2.05, 4.69) is 46.1 Å². The van der Waals surface area contributed by atoms with Crippen molar-refractivity contribution in [3.05, 3.63) is 95.8 Å². The number of hydrogen-bond acceptors (Lipinski definition) is 3. The molecule has 0 saturated heterocycles. The molecule has 5 nitrogen and oxygen atoms in total. The summed E-state index contributed by atoms with van der Waals surface area (Å²) in [6.45, 7) is 3.02. The first kappa shape index (κ1) is 17.8. The second kappa shape index (κ2) is 7.96. The molecule has 1 amide bonds. The Balaban J connectivity index is 1.48. The Labute approximate surface area is 163 Å². The number of anilines is 1. The van der Waals surface area contributed by atoms with Gasteiger partial charge in [0.25, 0.3) is 0 Å². The number of benzene rings is 3. The lowest BCUT2D eigenvalue weighted by atomic mass is 10.1. The van der Waals surface area contributed by atoms with Crippen LogP contribution in [0.3, 0.4) is 0 Å². The topological polar surface area (TPSA) is 56.2 Å². The van der Waals surface area contributed by atoms with Gasteiger partial charge in [-0.25, -0.2) is 9.78 Å². The van der Waals surface area contributed by atoms with Crippen molar-refractivity contribution >= 4 is 22.8 Å². The number of ether oxygens (including phenoxy) is 1. The minimum atomic E-state index is -0.496. The number of fused-ring (bicyclic) bond motifs is 1. The first-order chi connectivity index (χ1) is 13.7. The maximum absolute atomic E-state index is 12.2. The normalized spacial score (nSPS) is 10.8. The van der Waals surface area contributed by atoms with Crippen LogP contribution in [0.25, 0.3) is 11.0 Å². The van der Waals surface area contributed by atoms with Crippen molar-refractivity contribution in [2.45, 2.75) is 20.1 Å². The molecule has 28 heavy (non-hydrogen) atoms. The van der Waals surface area contributed by atoms with Crippen LogP contribution in [0.2, 0.25) is 0 Å². The molecule has 1 N–H and O–H groups in total. The van der Waals surface area contributed by atoms with Crippen LogP contribution < -0.4 is 5.32 Å². The molecule has 0 spiro atoms. The molecule has 4 aromatic rings. The number of nitrogens with one attached hydrogen (secondary N) is 1. The van der Waals surface area contributed by atoms with Gasteiger partial charge in [-0.1, -0.05) is 66.2 Å². The third kappa shape index (κ3) is 4.04. The highest BCUT2D eigenvalue weighted by Crippen LogP contribution is 2.23. The summed E-state index contributed by atoms with van der Waals surface area (Å²) >= 11 is 0. The number of carbonyl (C=O) groups is 1. The van der Waals surface area contributed by atoms with Gasteiger partial charge in [0, 0.05) is 6.54 Å². The van der Waals surface area contributed by atoms with E-state index in [-0.39, 0.29) is 6.61 Å². The Morgan fingerprint density at radius 1 is 0.964 bits per heavy atom. The fourth-order valence-corrected chi connectivity index (χ4v) is 3.07. The van der Waals surface area contributed by atoms with Crippen LogP contribution in [-0.4, -0.2) is 15.6 Å². The number of aryl methyl sites for hydroxylation is 1. The maximum atomic E-state index is 12.2. The van der Waals surface area contributed by atoms with Gasteiger partial charge in [0.2, 0.25) is 0 Å². The van der Waals surface area contributed by atoms with Gasteiger partial charge in [0.05, 0.1) is 17.5 Å². The predicted molar refractivity (Wildman–Crippen MR) is 110 cm³/mol. The number of amides is 1. The van der Waals surface area contributed by atoms with Gasteiger partial charge in [-0.05, 0) is 30.2 Å². The average Bonchev–Trinajstić information content (AvgIpc) is 3.13. The Bertz CT molecular complexity index is 1090. The second-order valence-corrected chi connectivity index (χ2v) is 6.72. The van der Waals surface area contributed by atoms with Crippen molar-refractivity contribution in [3.63, 3.8) is 0 Å². The van der Waals surface area contributed by atoms with Crippen LogP contribution in [-0.2, 0) is 17.9 Å². The quantitative estimate of drug-likeness (QED) is 0.528. The van der Waals surface area contributed by atoms with E-state index in [4.69, 9.17) is 4.74 Å². The molecular formula is C23H21N3O2. The predicted octanol–water partition coefficient (Wildman–Crippen LogP) is 5.14. The standard InChI is InChI=1S/C23H21N3O2/c1-17-10-12-18(13-11-17)14-26-16-24-22-20(8-5-9-21(22)26)25-23(27)28-15-19-6-3-2-4-7-19/h2-13,16H,14-15H2,1H3,(H,25,27). The van der Waals surface area contributed by atoms with Crippen molar-refractivity contribution in [2.75, 3.05) is 5.32 Å². The van der Waals surface area contributed by atoms with E-state index in [0.29, 0.717) is 5.69 Å². The summed E-state index contributed by atoms with van der Waals surface area (Å²) in [7, 11) is 0. The lowest BCUT2D eigenvalue weighted by Gasteiger charge is -2.09. The molecule has 0 unspecified atom stereocenters. The molecule has 0 atom stereocenters. The van der Waals surface area contributed by atoms with E-state index >= 15 is 0 Å². The number of rotatable bonds is 5. The number of imidazole rings is 1. The Hall–Kier alpha value is -3.60. The molecule has 0 saturated carbocycles. The summed E-state index contributed by atoms with van der Waals surface area (Å²) in [5, 5.41) is 2.80.